The fourth-order valence-corrected chi connectivity index (χ4v) is 2.63. The molecule has 5 heteroatoms. The highest BCUT2D eigenvalue weighted by Gasteiger charge is 2.43. The van der Waals surface area contributed by atoms with Crippen LogP contribution in [0.1, 0.15) is 46.9 Å². The number of anilines is 1. The molecular formula is C14H16N2O3. The Labute approximate surface area is 111 Å². The number of fused-ring (bicyclic) bond motifs is 1. The molecule has 5 nitrogen and oxygen atoms in total. The van der Waals surface area contributed by atoms with Gasteiger partial charge in [0.15, 0.2) is 0 Å². The minimum Gasteiger partial charge on any atom is -0.462 e. The van der Waals surface area contributed by atoms with Crippen LogP contribution in [0.4, 0.5) is 5.69 Å². The summed E-state index contributed by atoms with van der Waals surface area (Å²) < 4.78 is 4.99. The first kappa shape index (κ1) is 12.0. The fourth-order valence-electron chi connectivity index (χ4n) is 2.63. The van der Waals surface area contributed by atoms with Crippen molar-refractivity contribution in [3.63, 3.8) is 0 Å². The van der Waals surface area contributed by atoms with E-state index in [4.69, 9.17) is 4.74 Å². The average Bonchev–Trinajstić information content (AvgIpc) is 2.36. The first-order valence-corrected chi connectivity index (χ1v) is 6.56. The topological polar surface area (TPSA) is 67.4 Å². The Hall–Kier alpha value is -2.04. The van der Waals surface area contributed by atoms with Gasteiger partial charge in [-0.25, -0.2) is 4.79 Å². The Morgan fingerprint density at radius 1 is 1.37 bits per heavy atom. The number of benzene rings is 1. The molecule has 0 radical (unpaired) electrons. The van der Waals surface area contributed by atoms with Gasteiger partial charge in [-0.1, -0.05) is 6.07 Å². The van der Waals surface area contributed by atoms with Crippen molar-refractivity contribution in [3.8, 4) is 0 Å². The predicted octanol–water partition coefficient (Wildman–Crippen LogP) is 1.90. The van der Waals surface area contributed by atoms with E-state index < -0.39 is 5.97 Å². The van der Waals surface area contributed by atoms with Gasteiger partial charge in [0.1, 0.15) is 5.66 Å². The average molecular weight is 260 g/mol. The molecule has 1 spiro atoms. The molecule has 3 rings (SSSR count). The highest BCUT2D eigenvalue weighted by Crippen LogP contribution is 2.38. The normalized spacial score (nSPS) is 18.9. The second-order valence-electron chi connectivity index (χ2n) is 4.96. The summed E-state index contributed by atoms with van der Waals surface area (Å²) in [5.41, 5.74) is 1.11. The lowest BCUT2D eigenvalue weighted by Gasteiger charge is -2.47. The lowest BCUT2D eigenvalue weighted by atomic mass is 9.82. The molecule has 0 unspecified atom stereocenters. The Kier molecular flexibility index (Phi) is 2.69. The van der Waals surface area contributed by atoms with Crippen LogP contribution in [0.2, 0.25) is 0 Å². The molecule has 2 aliphatic rings. The SMILES string of the molecule is CCOC(=O)c1cccc2c1C(=O)NC1(CCC1)N2. The zero-order chi connectivity index (χ0) is 13.5. The van der Waals surface area contributed by atoms with Crippen molar-refractivity contribution in [1.29, 1.82) is 0 Å². The van der Waals surface area contributed by atoms with Gasteiger partial charge in [-0.15, -0.1) is 0 Å². The van der Waals surface area contributed by atoms with E-state index in [9.17, 15) is 9.59 Å². The number of esters is 1. The third-order valence-electron chi connectivity index (χ3n) is 3.72. The lowest BCUT2D eigenvalue weighted by Crippen LogP contribution is -2.61. The second kappa shape index (κ2) is 4.26. The molecule has 19 heavy (non-hydrogen) atoms. The van der Waals surface area contributed by atoms with E-state index in [0.717, 1.165) is 19.3 Å². The van der Waals surface area contributed by atoms with E-state index in [1.165, 1.54) is 0 Å². The van der Waals surface area contributed by atoms with Crippen LogP contribution in [0.25, 0.3) is 0 Å². The first-order chi connectivity index (χ1) is 9.15. The number of hydrogen-bond donors (Lipinski definition) is 2. The summed E-state index contributed by atoms with van der Waals surface area (Å²) in [6.45, 7) is 2.04. The molecule has 1 aromatic rings. The standard InChI is InChI=1S/C14H16N2O3/c1-2-19-13(18)9-5-3-6-10-11(9)12(17)16-14(15-10)7-4-8-14/h3,5-6,15H,2,4,7-8H2,1H3,(H,16,17). The van der Waals surface area contributed by atoms with E-state index in [0.29, 0.717) is 23.4 Å². The van der Waals surface area contributed by atoms with Crippen molar-refractivity contribution >= 4 is 17.6 Å². The van der Waals surface area contributed by atoms with E-state index in [1.807, 2.05) is 6.07 Å². The van der Waals surface area contributed by atoms with Gasteiger partial charge >= 0.3 is 5.97 Å². The maximum Gasteiger partial charge on any atom is 0.339 e. The van der Waals surface area contributed by atoms with E-state index >= 15 is 0 Å². The van der Waals surface area contributed by atoms with Crippen LogP contribution in [0, 0.1) is 0 Å². The molecule has 1 aliphatic heterocycles. The molecule has 0 atom stereocenters. The highest BCUT2D eigenvalue weighted by atomic mass is 16.5. The van der Waals surface area contributed by atoms with Crippen LogP contribution in [0.3, 0.4) is 0 Å². The van der Waals surface area contributed by atoms with Gasteiger partial charge in [-0.3, -0.25) is 4.79 Å². The molecule has 1 heterocycles. The zero-order valence-corrected chi connectivity index (χ0v) is 10.8. The number of carbonyl (C=O) groups is 2. The van der Waals surface area contributed by atoms with Crippen molar-refractivity contribution < 1.29 is 14.3 Å². The van der Waals surface area contributed by atoms with Crippen LogP contribution < -0.4 is 10.6 Å². The quantitative estimate of drug-likeness (QED) is 0.797. The number of amides is 1. The number of rotatable bonds is 2. The maximum absolute atomic E-state index is 12.3. The maximum atomic E-state index is 12.3. The summed E-state index contributed by atoms with van der Waals surface area (Å²) in [6, 6.07) is 5.22. The molecule has 1 fully saturated rings. The van der Waals surface area contributed by atoms with Gasteiger partial charge in [0.25, 0.3) is 5.91 Å². The smallest absolute Gasteiger partial charge is 0.339 e. The number of nitrogens with one attached hydrogen (secondary N) is 2. The van der Waals surface area contributed by atoms with Gasteiger partial charge in [0.2, 0.25) is 0 Å². The molecule has 0 bridgehead atoms. The third kappa shape index (κ3) is 1.85. The van der Waals surface area contributed by atoms with Gasteiger partial charge < -0.3 is 15.4 Å². The molecule has 1 aromatic carbocycles. The molecule has 0 aromatic heterocycles. The Morgan fingerprint density at radius 3 is 2.79 bits per heavy atom. The Bertz CT molecular complexity index is 550. The van der Waals surface area contributed by atoms with Crippen LogP contribution in [0.5, 0.6) is 0 Å². The minimum absolute atomic E-state index is 0.197. The summed E-state index contributed by atoms with van der Waals surface area (Å²) in [5, 5.41) is 6.30. The molecule has 1 saturated carbocycles. The largest absolute Gasteiger partial charge is 0.462 e. The van der Waals surface area contributed by atoms with Crippen molar-refractivity contribution in [1.82, 2.24) is 5.32 Å². The van der Waals surface area contributed by atoms with Gasteiger partial charge in [-0.05, 0) is 38.3 Å². The lowest BCUT2D eigenvalue weighted by molar-refractivity contribution is 0.0520. The summed E-state index contributed by atoms with van der Waals surface area (Å²) in [6.07, 6.45) is 2.93. The van der Waals surface area contributed by atoms with Crippen LogP contribution in [-0.4, -0.2) is 24.1 Å². The highest BCUT2D eigenvalue weighted by molar-refractivity contribution is 6.10. The molecule has 1 aliphatic carbocycles. The summed E-state index contributed by atoms with van der Waals surface area (Å²) >= 11 is 0. The van der Waals surface area contributed by atoms with Gasteiger partial charge in [0, 0.05) is 5.69 Å². The third-order valence-corrected chi connectivity index (χ3v) is 3.72. The van der Waals surface area contributed by atoms with Crippen LogP contribution in [-0.2, 0) is 4.74 Å². The molecule has 1 amide bonds. The fraction of sp³-hybridized carbons (Fsp3) is 0.429. The zero-order valence-electron chi connectivity index (χ0n) is 10.8. The van der Waals surface area contributed by atoms with Gasteiger partial charge in [-0.2, -0.15) is 0 Å². The number of hydrogen-bond acceptors (Lipinski definition) is 4. The second-order valence-corrected chi connectivity index (χ2v) is 4.96. The summed E-state index contributed by atoms with van der Waals surface area (Å²) in [4.78, 5) is 24.1. The van der Waals surface area contributed by atoms with E-state index in [-0.39, 0.29) is 11.6 Å². The van der Waals surface area contributed by atoms with Gasteiger partial charge in [0.05, 0.1) is 17.7 Å². The summed E-state index contributed by atoms with van der Waals surface area (Å²) in [5.74, 6) is -0.655. The van der Waals surface area contributed by atoms with Crippen molar-refractivity contribution in [2.24, 2.45) is 0 Å². The monoisotopic (exact) mass is 260 g/mol. The number of ether oxygens (including phenoxy) is 1. The summed E-state index contributed by atoms with van der Waals surface area (Å²) in [7, 11) is 0. The molecule has 0 saturated heterocycles. The van der Waals surface area contributed by atoms with E-state index in [2.05, 4.69) is 10.6 Å². The predicted molar refractivity (Wildman–Crippen MR) is 70.1 cm³/mol. The van der Waals surface area contributed by atoms with Crippen LogP contribution in [0.15, 0.2) is 18.2 Å². The van der Waals surface area contributed by atoms with Crippen LogP contribution >= 0.6 is 0 Å². The Balaban J connectivity index is 2.01. The van der Waals surface area contributed by atoms with Crippen molar-refractivity contribution in [3.05, 3.63) is 29.3 Å². The number of carbonyl (C=O) groups excluding carboxylic acids is 2. The molecule has 2 N–H and O–H groups in total. The molecular weight excluding hydrogens is 244 g/mol. The van der Waals surface area contributed by atoms with Crippen molar-refractivity contribution in [2.45, 2.75) is 31.8 Å². The molecule has 100 valence electrons. The minimum atomic E-state index is -0.458. The Morgan fingerprint density at radius 2 is 2.16 bits per heavy atom. The van der Waals surface area contributed by atoms with Crippen molar-refractivity contribution in [2.75, 3.05) is 11.9 Å². The first-order valence-electron chi connectivity index (χ1n) is 6.56. The van der Waals surface area contributed by atoms with E-state index in [1.54, 1.807) is 19.1 Å².